The molecule has 0 bridgehead atoms. The monoisotopic (exact) mass is 263 g/mol. The number of hydrogen-bond acceptors (Lipinski definition) is 3. The van der Waals surface area contributed by atoms with Gasteiger partial charge >= 0.3 is 0 Å². The van der Waals surface area contributed by atoms with Crippen molar-refractivity contribution in [3.05, 3.63) is 24.3 Å². The Kier molecular flexibility index (Phi) is 5.52. The fraction of sp³-hybridized carbons (Fsp3) is 0.625. The van der Waals surface area contributed by atoms with Crippen molar-refractivity contribution in [2.24, 2.45) is 5.92 Å². The number of hydrogen-bond donors (Lipinski definition) is 1. The predicted molar refractivity (Wildman–Crippen MR) is 77.9 cm³/mol. The van der Waals surface area contributed by atoms with Crippen LogP contribution in [0.2, 0.25) is 0 Å². The summed E-state index contributed by atoms with van der Waals surface area (Å²) in [5, 5.41) is 3.51. The summed E-state index contributed by atoms with van der Waals surface area (Å²) in [5.41, 5.74) is 0. The van der Waals surface area contributed by atoms with Crippen molar-refractivity contribution < 1.29 is 9.47 Å². The summed E-state index contributed by atoms with van der Waals surface area (Å²) >= 11 is 0. The van der Waals surface area contributed by atoms with Crippen LogP contribution in [0.4, 0.5) is 0 Å². The van der Waals surface area contributed by atoms with Crippen molar-refractivity contribution in [3.8, 4) is 11.5 Å². The number of benzene rings is 1. The fourth-order valence-electron chi connectivity index (χ4n) is 2.25. The highest BCUT2D eigenvalue weighted by Crippen LogP contribution is 2.33. The Morgan fingerprint density at radius 2 is 1.89 bits per heavy atom. The van der Waals surface area contributed by atoms with Gasteiger partial charge in [-0.2, -0.15) is 0 Å². The van der Waals surface area contributed by atoms with E-state index in [9.17, 15) is 0 Å². The van der Waals surface area contributed by atoms with Gasteiger partial charge in [0.25, 0.3) is 0 Å². The van der Waals surface area contributed by atoms with Crippen LogP contribution in [0.15, 0.2) is 24.3 Å². The Hall–Kier alpha value is -1.22. The summed E-state index contributed by atoms with van der Waals surface area (Å²) < 4.78 is 11.3. The second-order valence-electron chi connectivity index (χ2n) is 5.26. The first-order chi connectivity index (χ1) is 9.29. The first kappa shape index (κ1) is 14.2. The van der Waals surface area contributed by atoms with Crippen molar-refractivity contribution in [1.82, 2.24) is 5.32 Å². The summed E-state index contributed by atoms with van der Waals surface area (Å²) in [5.74, 6) is 2.64. The largest absolute Gasteiger partial charge is 0.490 e. The van der Waals surface area contributed by atoms with Crippen molar-refractivity contribution in [1.29, 1.82) is 0 Å². The molecule has 0 heterocycles. The molecule has 19 heavy (non-hydrogen) atoms. The van der Waals surface area contributed by atoms with Gasteiger partial charge in [0.2, 0.25) is 0 Å². The van der Waals surface area contributed by atoms with Gasteiger partial charge in [-0.05, 0) is 38.3 Å². The Labute approximate surface area is 116 Å². The molecule has 1 N–H and O–H groups in total. The summed E-state index contributed by atoms with van der Waals surface area (Å²) in [6.07, 6.45) is 4.14. The quantitative estimate of drug-likeness (QED) is 0.694. The van der Waals surface area contributed by atoms with Crippen molar-refractivity contribution in [2.45, 2.75) is 39.2 Å². The third-order valence-corrected chi connectivity index (χ3v) is 3.39. The minimum absolute atomic E-state index is 0.596. The van der Waals surface area contributed by atoms with E-state index < -0.39 is 0 Å². The molecule has 2 rings (SSSR count). The zero-order chi connectivity index (χ0) is 13.5. The normalized spacial score (nSPS) is 16.1. The molecular formula is C16H25NO2. The van der Waals surface area contributed by atoms with Crippen LogP contribution in [0.25, 0.3) is 0 Å². The van der Waals surface area contributed by atoms with Crippen LogP contribution in [-0.4, -0.2) is 25.8 Å². The molecule has 1 unspecified atom stereocenters. The van der Waals surface area contributed by atoms with Gasteiger partial charge in [-0.1, -0.05) is 25.0 Å². The van der Waals surface area contributed by atoms with Crippen LogP contribution in [-0.2, 0) is 0 Å². The van der Waals surface area contributed by atoms with Crippen molar-refractivity contribution >= 4 is 0 Å². The van der Waals surface area contributed by atoms with E-state index >= 15 is 0 Å². The van der Waals surface area contributed by atoms with E-state index in [0.717, 1.165) is 24.0 Å². The number of ether oxygens (including phenoxy) is 2. The smallest absolute Gasteiger partial charge is 0.161 e. The van der Waals surface area contributed by atoms with E-state index in [1.807, 2.05) is 31.2 Å². The maximum Gasteiger partial charge on any atom is 0.161 e. The van der Waals surface area contributed by atoms with E-state index in [2.05, 4.69) is 12.2 Å². The van der Waals surface area contributed by atoms with E-state index in [1.165, 1.54) is 19.3 Å². The lowest BCUT2D eigenvalue weighted by atomic mass is 10.2. The highest BCUT2D eigenvalue weighted by atomic mass is 16.5. The molecule has 0 aromatic heterocycles. The minimum atomic E-state index is 0.596. The second-order valence-corrected chi connectivity index (χ2v) is 5.26. The summed E-state index contributed by atoms with van der Waals surface area (Å²) in [6, 6.07) is 8.44. The summed E-state index contributed by atoms with van der Waals surface area (Å²) in [7, 11) is 0. The van der Waals surface area contributed by atoms with Gasteiger partial charge in [-0.15, -0.1) is 0 Å². The maximum absolute atomic E-state index is 5.77. The van der Waals surface area contributed by atoms with E-state index in [4.69, 9.17) is 9.47 Å². The molecule has 3 heteroatoms. The molecule has 0 spiro atoms. The molecule has 1 aliphatic carbocycles. The van der Waals surface area contributed by atoms with E-state index in [-0.39, 0.29) is 0 Å². The lowest BCUT2D eigenvalue weighted by Crippen LogP contribution is -2.30. The van der Waals surface area contributed by atoms with Gasteiger partial charge in [0.05, 0.1) is 6.61 Å². The molecule has 1 atom stereocenters. The standard InChI is InChI=1S/C16H25NO2/c1-3-18-15-6-4-5-7-16(15)19-11-10-17-13(2)12-14-8-9-14/h4-7,13-14,17H,3,8-12H2,1-2H3. The second kappa shape index (κ2) is 7.39. The number of nitrogens with one attached hydrogen (secondary N) is 1. The molecule has 1 aromatic carbocycles. The van der Waals surface area contributed by atoms with E-state index in [0.29, 0.717) is 19.3 Å². The molecule has 1 fully saturated rings. The molecule has 0 amide bonds. The van der Waals surface area contributed by atoms with Crippen LogP contribution >= 0.6 is 0 Å². The van der Waals surface area contributed by atoms with E-state index in [1.54, 1.807) is 0 Å². The zero-order valence-corrected chi connectivity index (χ0v) is 12.0. The molecule has 1 aromatic rings. The van der Waals surface area contributed by atoms with Crippen LogP contribution in [0, 0.1) is 5.92 Å². The molecule has 0 saturated heterocycles. The molecule has 1 saturated carbocycles. The summed E-state index contributed by atoms with van der Waals surface area (Å²) in [4.78, 5) is 0. The van der Waals surface area contributed by atoms with Gasteiger partial charge < -0.3 is 14.8 Å². The molecule has 0 aliphatic heterocycles. The lowest BCUT2D eigenvalue weighted by molar-refractivity contribution is 0.271. The van der Waals surface area contributed by atoms with Crippen LogP contribution in [0.3, 0.4) is 0 Å². The highest BCUT2D eigenvalue weighted by Gasteiger charge is 2.23. The van der Waals surface area contributed by atoms with Crippen LogP contribution in [0.5, 0.6) is 11.5 Å². The third kappa shape index (κ3) is 5.11. The zero-order valence-electron chi connectivity index (χ0n) is 12.0. The lowest BCUT2D eigenvalue weighted by Gasteiger charge is -2.15. The van der Waals surface area contributed by atoms with Crippen molar-refractivity contribution in [2.75, 3.05) is 19.8 Å². The highest BCUT2D eigenvalue weighted by molar-refractivity contribution is 5.39. The first-order valence-electron chi connectivity index (χ1n) is 7.37. The Balaban J connectivity index is 1.66. The minimum Gasteiger partial charge on any atom is -0.490 e. The SMILES string of the molecule is CCOc1ccccc1OCCNC(C)CC1CC1. The Morgan fingerprint density at radius 1 is 1.21 bits per heavy atom. The van der Waals surface area contributed by atoms with Gasteiger partial charge in [-0.3, -0.25) is 0 Å². The molecule has 1 aliphatic rings. The van der Waals surface area contributed by atoms with Crippen molar-refractivity contribution in [3.63, 3.8) is 0 Å². The van der Waals surface area contributed by atoms with Crippen LogP contribution < -0.4 is 14.8 Å². The average Bonchev–Trinajstić information content (AvgIpc) is 3.21. The third-order valence-electron chi connectivity index (χ3n) is 3.39. The summed E-state index contributed by atoms with van der Waals surface area (Å²) in [6.45, 7) is 6.47. The maximum atomic E-state index is 5.77. The van der Waals surface area contributed by atoms with Gasteiger partial charge in [-0.25, -0.2) is 0 Å². The predicted octanol–water partition coefficient (Wildman–Crippen LogP) is 3.24. The number of para-hydroxylation sites is 2. The average molecular weight is 263 g/mol. The fourth-order valence-corrected chi connectivity index (χ4v) is 2.25. The van der Waals surface area contributed by atoms with Gasteiger partial charge in [0.15, 0.2) is 11.5 Å². The molecule has 3 nitrogen and oxygen atoms in total. The molecule has 106 valence electrons. The Morgan fingerprint density at radius 3 is 2.53 bits per heavy atom. The van der Waals surface area contributed by atoms with Gasteiger partial charge in [0, 0.05) is 12.6 Å². The van der Waals surface area contributed by atoms with Crippen LogP contribution in [0.1, 0.15) is 33.1 Å². The number of rotatable bonds is 9. The first-order valence-corrected chi connectivity index (χ1v) is 7.37. The molecule has 0 radical (unpaired) electrons. The molecular weight excluding hydrogens is 238 g/mol. The Bertz CT molecular complexity index is 377. The van der Waals surface area contributed by atoms with Gasteiger partial charge in [0.1, 0.15) is 6.61 Å². The topological polar surface area (TPSA) is 30.5 Å².